The van der Waals surface area contributed by atoms with Gasteiger partial charge in [-0.1, -0.05) is 209 Å². The van der Waals surface area contributed by atoms with E-state index in [4.69, 9.17) is 14.2 Å². The molecule has 0 radical (unpaired) electrons. The Hall–Kier alpha value is -3.41. The highest BCUT2D eigenvalue weighted by Gasteiger charge is 2.19. The molecule has 0 N–H and O–H groups in total. The number of esters is 3. The Balaban J connectivity index is 4.48. The van der Waals surface area contributed by atoms with Gasteiger partial charge in [0.15, 0.2) is 6.10 Å². The van der Waals surface area contributed by atoms with E-state index < -0.39 is 6.10 Å². The molecule has 0 heterocycles. The molecular weight excluding hydrogens is 805 g/mol. The maximum absolute atomic E-state index is 12.8. The zero-order valence-corrected chi connectivity index (χ0v) is 42.5. The van der Waals surface area contributed by atoms with E-state index in [-0.39, 0.29) is 31.1 Å². The Morgan fingerprint density at radius 1 is 0.338 bits per heavy atom. The van der Waals surface area contributed by atoms with Crippen molar-refractivity contribution in [2.45, 2.75) is 258 Å². The molecule has 0 aliphatic rings. The van der Waals surface area contributed by atoms with E-state index in [2.05, 4.69) is 106 Å². The van der Waals surface area contributed by atoms with Crippen LogP contribution in [0.5, 0.6) is 0 Å². The molecular formula is C59H100O6. The van der Waals surface area contributed by atoms with E-state index in [1.54, 1.807) is 0 Å². The zero-order chi connectivity index (χ0) is 47.2. The van der Waals surface area contributed by atoms with Crippen molar-refractivity contribution in [2.75, 3.05) is 13.2 Å². The minimum Gasteiger partial charge on any atom is -0.462 e. The molecule has 0 saturated heterocycles. The van der Waals surface area contributed by atoms with Crippen LogP contribution in [-0.2, 0) is 28.6 Å². The lowest BCUT2D eigenvalue weighted by Crippen LogP contribution is -2.30. The molecule has 0 fully saturated rings. The topological polar surface area (TPSA) is 78.9 Å². The van der Waals surface area contributed by atoms with Gasteiger partial charge in [-0.25, -0.2) is 0 Å². The van der Waals surface area contributed by atoms with Gasteiger partial charge in [0, 0.05) is 19.3 Å². The Kier molecular flexibility index (Phi) is 50.4. The predicted octanol–water partition coefficient (Wildman–Crippen LogP) is 18.0. The molecule has 6 heteroatoms. The number of ether oxygens (including phenoxy) is 3. The Morgan fingerprint density at radius 2 is 0.646 bits per heavy atom. The summed E-state index contributed by atoms with van der Waals surface area (Å²) >= 11 is 0. The standard InChI is InChI=1S/C59H100O6/c1-4-7-10-13-16-19-22-25-28-31-34-37-40-43-46-49-52-58(61)64-55-56(54-63-57(60)51-48-45-42-39-36-33-30-27-24-21-18-15-12-9-6-3)65-59(62)53-50-47-44-41-38-35-32-29-26-23-20-17-14-11-8-5-2/h7,10,16,18-19,21,24-25,27-29,32,34,37,56H,4-6,8-9,11-15,17,20,22-23,26,30-31,33,35-36,38-55H2,1-3H3/b10-7-,19-16-,21-18-,27-24-,28-25-,32-29-,37-34-. The second-order valence-electron chi connectivity index (χ2n) is 17.8. The fourth-order valence-corrected chi connectivity index (χ4v) is 7.30. The second kappa shape index (κ2) is 53.2. The Labute approximate surface area is 401 Å². The summed E-state index contributed by atoms with van der Waals surface area (Å²) < 4.78 is 16.8. The SMILES string of the molecule is CC/C=C\C/C=C\C/C=C\C/C=C\CCCCCC(=O)OCC(COC(=O)CCCCCCCC/C=C\C=C/CCCCC)OC(=O)CCCCCCC/C=C\CCCCCCCCC. The van der Waals surface area contributed by atoms with E-state index in [9.17, 15) is 14.4 Å². The third-order valence-electron chi connectivity index (χ3n) is 11.4. The minimum absolute atomic E-state index is 0.0966. The molecule has 0 aliphatic heterocycles. The van der Waals surface area contributed by atoms with E-state index in [1.807, 2.05) is 0 Å². The Bertz CT molecular complexity index is 1270. The van der Waals surface area contributed by atoms with Gasteiger partial charge in [0.05, 0.1) is 0 Å². The number of unbranched alkanes of at least 4 members (excludes halogenated alkanes) is 24. The normalized spacial score (nSPS) is 12.7. The molecule has 0 aromatic carbocycles. The summed E-state index contributed by atoms with van der Waals surface area (Å²) in [4.78, 5) is 38.1. The Morgan fingerprint density at radius 3 is 1.09 bits per heavy atom. The summed E-state index contributed by atoms with van der Waals surface area (Å²) in [6.45, 7) is 6.45. The predicted molar refractivity (Wildman–Crippen MR) is 279 cm³/mol. The number of hydrogen-bond acceptors (Lipinski definition) is 6. The number of allylic oxidation sites excluding steroid dienone is 14. The molecule has 0 rings (SSSR count). The third-order valence-corrected chi connectivity index (χ3v) is 11.4. The maximum atomic E-state index is 12.8. The number of hydrogen-bond donors (Lipinski definition) is 0. The molecule has 65 heavy (non-hydrogen) atoms. The lowest BCUT2D eigenvalue weighted by atomic mass is 10.1. The van der Waals surface area contributed by atoms with E-state index in [0.29, 0.717) is 19.3 Å². The van der Waals surface area contributed by atoms with Gasteiger partial charge in [-0.15, -0.1) is 0 Å². The fraction of sp³-hybridized carbons (Fsp3) is 0.712. The van der Waals surface area contributed by atoms with Crippen LogP contribution < -0.4 is 0 Å². The highest BCUT2D eigenvalue weighted by atomic mass is 16.6. The van der Waals surface area contributed by atoms with Gasteiger partial charge < -0.3 is 14.2 Å². The zero-order valence-electron chi connectivity index (χ0n) is 42.5. The first kappa shape index (κ1) is 61.6. The van der Waals surface area contributed by atoms with Gasteiger partial charge >= 0.3 is 17.9 Å². The quantitative estimate of drug-likeness (QED) is 0.0199. The smallest absolute Gasteiger partial charge is 0.306 e. The molecule has 0 aromatic heterocycles. The van der Waals surface area contributed by atoms with Gasteiger partial charge in [-0.3, -0.25) is 14.4 Å². The van der Waals surface area contributed by atoms with Crippen molar-refractivity contribution in [3.63, 3.8) is 0 Å². The number of carbonyl (C=O) groups excluding carboxylic acids is 3. The van der Waals surface area contributed by atoms with Crippen molar-refractivity contribution < 1.29 is 28.6 Å². The van der Waals surface area contributed by atoms with Crippen LogP contribution in [0.15, 0.2) is 85.1 Å². The van der Waals surface area contributed by atoms with E-state index in [0.717, 1.165) is 109 Å². The lowest BCUT2D eigenvalue weighted by Gasteiger charge is -2.18. The van der Waals surface area contributed by atoms with E-state index in [1.165, 1.54) is 103 Å². The van der Waals surface area contributed by atoms with Crippen LogP contribution in [0.4, 0.5) is 0 Å². The number of rotatable bonds is 48. The molecule has 1 unspecified atom stereocenters. The summed E-state index contributed by atoms with van der Waals surface area (Å²) in [6.07, 6.45) is 68.5. The first-order chi connectivity index (χ1) is 32.0. The fourth-order valence-electron chi connectivity index (χ4n) is 7.30. The summed E-state index contributed by atoms with van der Waals surface area (Å²) in [5, 5.41) is 0. The van der Waals surface area contributed by atoms with Gasteiger partial charge in [0.25, 0.3) is 0 Å². The molecule has 0 bridgehead atoms. The highest BCUT2D eigenvalue weighted by molar-refractivity contribution is 5.71. The van der Waals surface area contributed by atoms with Crippen LogP contribution in [0, 0.1) is 0 Å². The molecule has 0 spiro atoms. The maximum Gasteiger partial charge on any atom is 0.306 e. The lowest BCUT2D eigenvalue weighted by molar-refractivity contribution is -0.167. The summed E-state index contributed by atoms with van der Waals surface area (Å²) in [6, 6.07) is 0. The minimum atomic E-state index is -0.799. The largest absolute Gasteiger partial charge is 0.462 e. The second-order valence-corrected chi connectivity index (χ2v) is 17.8. The molecule has 6 nitrogen and oxygen atoms in total. The number of carbonyl (C=O) groups is 3. The van der Waals surface area contributed by atoms with Crippen molar-refractivity contribution in [2.24, 2.45) is 0 Å². The van der Waals surface area contributed by atoms with Crippen molar-refractivity contribution >= 4 is 17.9 Å². The van der Waals surface area contributed by atoms with E-state index >= 15 is 0 Å². The third kappa shape index (κ3) is 51.4. The van der Waals surface area contributed by atoms with Crippen molar-refractivity contribution in [1.29, 1.82) is 0 Å². The average molecular weight is 905 g/mol. The van der Waals surface area contributed by atoms with Crippen LogP contribution in [0.1, 0.15) is 252 Å². The van der Waals surface area contributed by atoms with Crippen LogP contribution in [-0.4, -0.2) is 37.2 Å². The van der Waals surface area contributed by atoms with Crippen LogP contribution in [0.25, 0.3) is 0 Å². The van der Waals surface area contributed by atoms with Crippen LogP contribution in [0.3, 0.4) is 0 Å². The monoisotopic (exact) mass is 905 g/mol. The highest BCUT2D eigenvalue weighted by Crippen LogP contribution is 2.14. The first-order valence-corrected chi connectivity index (χ1v) is 27.1. The van der Waals surface area contributed by atoms with Gasteiger partial charge in [-0.2, -0.15) is 0 Å². The van der Waals surface area contributed by atoms with Crippen LogP contribution >= 0.6 is 0 Å². The molecule has 0 saturated carbocycles. The molecule has 1 atom stereocenters. The first-order valence-electron chi connectivity index (χ1n) is 27.1. The summed E-state index contributed by atoms with van der Waals surface area (Å²) in [5.74, 6) is -0.946. The van der Waals surface area contributed by atoms with Crippen molar-refractivity contribution in [3.05, 3.63) is 85.1 Å². The van der Waals surface area contributed by atoms with Gasteiger partial charge in [0.1, 0.15) is 13.2 Å². The molecule has 0 aliphatic carbocycles. The van der Waals surface area contributed by atoms with Crippen molar-refractivity contribution in [1.82, 2.24) is 0 Å². The average Bonchev–Trinajstić information content (AvgIpc) is 3.30. The van der Waals surface area contributed by atoms with Gasteiger partial charge in [0.2, 0.25) is 0 Å². The molecule has 0 amide bonds. The molecule has 0 aromatic rings. The van der Waals surface area contributed by atoms with Crippen molar-refractivity contribution in [3.8, 4) is 0 Å². The molecule has 372 valence electrons. The van der Waals surface area contributed by atoms with Gasteiger partial charge in [-0.05, 0) is 109 Å². The summed E-state index contributed by atoms with van der Waals surface area (Å²) in [5.41, 5.74) is 0. The summed E-state index contributed by atoms with van der Waals surface area (Å²) in [7, 11) is 0. The van der Waals surface area contributed by atoms with Crippen LogP contribution in [0.2, 0.25) is 0 Å².